The lowest BCUT2D eigenvalue weighted by atomic mass is 10.0. The molecule has 6 heteroatoms. The maximum absolute atomic E-state index is 12.9. The molecule has 3 aromatic rings. The van der Waals surface area contributed by atoms with E-state index in [0.717, 1.165) is 24.0 Å². The minimum absolute atomic E-state index is 0.0173. The lowest BCUT2D eigenvalue weighted by Gasteiger charge is -2.34. The van der Waals surface area contributed by atoms with E-state index in [4.69, 9.17) is 9.47 Å². The van der Waals surface area contributed by atoms with Gasteiger partial charge in [0, 0.05) is 25.3 Å². The predicted octanol–water partition coefficient (Wildman–Crippen LogP) is 4.57. The van der Waals surface area contributed by atoms with E-state index in [0.29, 0.717) is 24.5 Å². The number of aromatic nitrogens is 1. The van der Waals surface area contributed by atoms with Crippen LogP contribution >= 0.6 is 0 Å². The number of ether oxygens (including phenoxy) is 2. The van der Waals surface area contributed by atoms with E-state index in [-0.39, 0.29) is 17.9 Å². The number of likely N-dealkylation sites (tertiary alicyclic amines) is 1. The molecule has 1 aromatic heterocycles. The molecule has 1 fully saturated rings. The van der Waals surface area contributed by atoms with E-state index in [1.54, 1.807) is 13.0 Å². The van der Waals surface area contributed by atoms with Gasteiger partial charge in [-0.05, 0) is 55.2 Å². The summed E-state index contributed by atoms with van der Waals surface area (Å²) in [5.74, 6) is 0.320. The second-order valence-corrected chi connectivity index (χ2v) is 8.00. The molecule has 166 valence electrons. The van der Waals surface area contributed by atoms with Crippen LogP contribution in [-0.4, -0.2) is 47.6 Å². The highest BCUT2D eigenvalue weighted by Gasteiger charge is 2.29. The lowest BCUT2D eigenvalue weighted by Crippen LogP contribution is -2.45. The molecule has 1 aliphatic heterocycles. The van der Waals surface area contributed by atoms with Crippen molar-refractivity contribution in [2.75, 3.05) is 20.2 Å². The Morgan fingerprint density at radius 3 is 2.22 bits per heavy atom. The largest absolute Gasteiger partial charge is 0.481 e. The van der Waals surface area contributed by atoms with Gasteiger partial charge in [-0.2, -0.15) is 0 Å². The topological polar surface area (TPSA) is 60.8 Å². The van der Waals surface area contributed by atoms with Crippen molar-refractivity contribution in [1.82, 2.24) is 9.47 Å². The highest BCUT2D eigenvalue weighted by atomic mass is 16.5. The van der Waals surface area contributed by atoms with Crippen LogP contribution in [0.15, 0.2) is 72.9 Å². The Balaban J connectivity index is 1.32. The van der Waals surface area contributed by atoms with Gasteiger partial charge in [-0.3, -0.25) is 4.79 Å². The van der Waals surface area contributed by atoms with Crippen LogP contribution in [0.1, 0.15) is 36.3 Å². The fourth-order valence-electron chi connectivity index (χ4n) is 4.22. The van der Waals surface area contributed by atoms with E-state index in [1.807, 2.05) is 64.2 Å². The third kappa shape index (κ3) is 4.69. The van der Waals surface area contributed by atoms with E-state index in [9.17, 15) is 9.59 Å². The van der Waals surface area contributed by atoms with Crippen LogP contribution < -0.4 is 4.74 Å². The van der Waals surface area contributed by atoms with Crippen LogP contribution in [0, 0.1) is 0 Å². The molecular weight excluding hydrogens is 404 g/mol. The van der Waals surface area contributed by atoms with Gasteiger partial charge in [-0.1, -0.05) is 42.5 Å². The summed E-state index contributed by atoms with van der Waals surface area (Å²) in [6.45, 7) is 3.05. The van der Waals surface area contributed by atoms with Crippen LogP contribution in [0.5, 0.6) is 5.75 Å². The van der Waals surface area contributed by atoms with Crippen LogP contribution in [-0.2, 0) is 9.53 Å². The van der Waals surface area contributed by atoms with Crippen LogP contribution in [0.25, 0.3) is 11.1 Å². The van der Waals surface area contributed by atoms with Gasteiger partial charge in [0.1, 0.15) is 11.4 Å². The molecule has 0 radical (unpaired) electrons. The number of carbonyl (C=O) groups excluding carboxylic acids is 2. The van der Waals surface area contributed by atoms with E-state index < -0.39 is 6.10 Å². The van der Waals surface area contributed by atoms with Crippen molar-refractivity contribution in [1.29, 1.82) is 0 Å². The summed E-state index contributed by atoms with van der Waals surface area (Å²) in [6.07, 6.45) is 2.90. The van der Waals surface area contributed by atoms with Gasteiger partial charge >= 0.3 is 5.97 Å². The molecule has 0 saturated carbocycles. The van der Waals surface area contributed by atoms with Gasteiger partial charge in [-0.15, -0.1) is 0 Å². The monoisotopic (exact) mass is 432 g/mol. The lowest BCUT2D eigenvalue weighted by molar-refractivity contribution is -0.139. The number of amides is 1. The maximum Gasteiger partial charge on any atom is 0.354 e. The van der Waals surface area contributed by atoms with E-state index in [1.165, 1.54) is 7.11 Å². The van der Waals surface area contributed by atoms with Crippen molar-refractivity contribution < 1.29 is 19.1 Å². The molecule has 4 rings (SSSR count). The zero-order chi connectivity index (χ0) is 22.5. The SMILES string of the molecule is COC(=O)c1cccn1C1CCN(C(=O)C(C)Oc2ccc(-c3ccccc3)cc2)CC1. The van der Waals surface area contributed by atoms with Crippen molar-refractivity contribution in [3.63, 3.8) is 0 Å². The molecule has 0 bridgehead atoms. The second kappa shape index (κ2) is 9.73. The third-order valence-corrected chi connectivity index (χ3v) is 5.97. The van der Waals surface area contributed by atoms with Gasteiger partial charge in [-0.25, -0.2) is 4.79 Å². The summed E-state index contributed by atoms with van der Waals surface area (Å²) in [7, 11) is 1.39. The average Bonchev–Trinajstić information content (AvgIpc) is 3.34. The molecule has 0 aliphatic carbocycles. The van der Waals surface area contributed by atoms with E-state index >= 15 is 0 Å². The zero-order valence-corrected chi connectivity index (χ0v) is 18.4. The van der Waals surface area contributed by atoms with Gasteiger partial charge in [0.15, 0.2) is 6.10 Å². The summed E-state index contributed by atoms with van der Waals surface area (Å²) < 4.78 is 12.8. The summed E-state index contributed by atoms with van der Waals surface area (Å²) in [4.78, 5) is 26.7. The molecule has 1 saturated heterocycles. The number of hydrogen-bond acceptors (Lipinski definition) is 4. The molecule has 1 atom stereocenters. The Bertz CT molecular complexity index is 1050. The fourth-order valence-corrected chi connectivity index (χ4v) is 4.22. The smallest absolute Gasteiger partial charge is 0.354 e. The van der Waals surface area contributed by atoms with Gasteiger partial charge in [0.2, 0.25) is 0 Å². The standard InChI is InChI=1S/C26H28N2O4/c1-19(32-23-12-10-21(11-13-23)20-7-4-3-5-8-20)25(29)27-17-14-22(15-18-27)28-16-6-9-24(28)26(30)31-2/h3-13,16,19,22H,14-15,17-18H2,1-2H3. The molecule has 1 unspecified atom stereocenters. The van der Waals surface area contributed by atoms with Crippen molar-refractivity contribution in [2.24, 2.45) is 0 Å². The first-order valence-electron chi connectivity index (χ1n) is 10.9. The molecule has 2 heterocycles. The number of carbonyl (C=O) groups is 2. The van der Waals surface area contributed by atoms with Gasteiger partial charge < -0.3 is 18.9 Å². The molecule has 1 aliphatic rings. The first-order valence-corrected chi connectivity index (χ1v) is 10.9. The Morgan fingerprint density at radius 2 is 1.56 bits per heavy atom. The molecular formula is C26H28N2O4. The number of hydrogen-bond donors (Lipinski definition) is 0. The summed E-state index contributed by atoms with van der Waals surface area (Å²) in [5.41, 5.74) is 2.80. The first kappa shape index (κ1) is 21.7. The normalized spacial score (nSPS) is 15.2. The number of piperidine rings is 1. The molecule has 0 N–H and O–H groups in total. The summed E-state index contributed by atoms with van der Waals surface area (Å²) in [6, 6.07) is 21.7. The third-order valence-electron chi connectivity index (χ3n) is 5.97. The number of rotatable bonds is 6. The van der Waals surface area contributed by atoms with Gasteiger partial charge in [0.05, 0.1) is 7.11 Å². The zero-order valence-electron chi connectivity index (χ0n) is 18.4. The Morgan fingerprint density at radius 1 is 0.906 bits per heavy atom. The van der Waals surface area contributed by atoms with Crippen LogP contribution in [0.2, 0.25) is 0 Å². The molecule has 32 heavy (non-hydrogen) atoms. The quantitative estimate of drug-likeness (QED) is 0.535. The van der Waals surface area contributed by atoms with Crippen LogP contribution in [0.4, 0.5) is 0 Å². The summed E-state index contributed by atoms with van der Waals surface area (Å²) >= 11 is 0. The predicted molar refractivity (Wildman–Crippen MR) is 123 cm³/mol. The molecule has 1 amide bonds. The summed E-state index contributed by atoms with van der Waals surface area (Å²) in [5, 5.41) is 0. The Hall–Kier alpha value is -3.54. The van der Waals surface area contributed by atoms with Crippen molar-refractivity contribution in [3.05, 3.63) is 78.6 Å². The molecule has 0 spiro atoms. The average molecular weight is 433 g/mol. The number of benzene rings is 2. The Labute approximate surface area is 188 Å². The number of esters is 1. The maximum atomic E-state index is 12.9. The highest BCUT2D eigenvalue weighted by molar-refractivity contribution is 5.87. The van der Waals surface area contributed by atoms with Crippen LogP contribution in [0.3, 0.4) is 0 Å². The fraction of sp³-hybridized carbons (Fsp3) is 0.308. The first-order chi connectivity index (χ1) is 15.6. The minimum Gasteiger partial charge on any atom is -0.481 e. The minimum atomic E-state index is -0.564. The Kier molecular flexibility index (Phi) is 6.59. The number of methoxy groups -OCH3 is 1. The van der Waals surface area contributed by atoms with Gasteiger partial charge in [0.25, 0.3) is 5.91 Å². The highest BCUT2D eigenvalue weighted by Crippen LogP contribution is 2.26. The van der Waals surface area contributed by atoms with Crippen molar-refractivity contribution in [2.45, 2.75) is 31.9 Å². The van der Waals surface area contributed by atoms with Crippen molar-refractivity contribution in [3.8, 4) is 16.9 Å². The second-order valence-electron chi connectivity index (χ2n) is 8.00. The molecule has 6 nitrogen and oxygen atoms in total. The van der Waals surface area contributed by atoms with E-state index in [2.05, 4.69) is 12.1 Å². The number of nitrogens with zero attached hydrogens (tertiary/aromatic N) is 2. The van der Waals surface area contributed by atoms with Crippen molar-refractivity contribution >= 4 is 11.9 Å². The molecule has 2 aromatic carbocycles.